The zero-order valence-corrected chi connectivity index (χ0v) is 14.5. The van der Waals surface area contributed by atoms with Gasteiger partial charge in [0.15, 0.2) is 18.2 Å². The Morgan fingerprint density at radius 3 is 2.33 bits per heavy atom. The molecule has 0 bridgehead atoms. The monoisotopic (exact) mass is 375 g/mol. The van der Waals surface area contributed by atoms with Crippen LogP contribution in [0, 0.1) is 11.6 Å². The van der Waals surface area contributed by atoms with E-state index < -0.39 is 29.6 Å². The molecule has 0 saturated carbocycles. The van der Waals surface area contributed by atoms with Crippen molar-refractivity contribution in [3.8, 4) is 5.75 Å². The number of rotatable bonds is 5. The molecule has 2 aromatic carbocycles. The molecular weight excluding hydrogens is 356 g/mol. The smallest absolute Gasteiger partial charge is 0.314 e. The molecule has 0 atom stereocenters. The highest BCUT2D eigenvalue weighted by Gasteiger charge is 2.43. The number of carboxylic acid groups (broad SMARTS) is 1. The van der Waals surface area contributed by atoms with Crippen molar-refractivity contribution in [3.05, 3.63) is 65.7 Å². The van der Waals surface area contributed by atoms with Crippen LogP contribution in [0.4, 0.5) is 8.78 Å². The van der Waals surface area contributed by atoms with Gasteiger partial charge in [-0.1, -0.05) is 30.3 Å². The molecule has 1 aliphatic rings. The molecule has 3 rings (SSSR count). The minimum Gasteiger partial charge on any atom is -0.481 e. The molecule has 1 aliphatic heterocycles. The number of benzene rings is 2. The highest BCUT2D eigenvalue weighted by molar-refractivity contribution is 5.83. The highest BCUT2D eigenvalue weighted by Crippen LogP contribution is 2.36. The van der Waals surface area contributed by atoms with Crippen LogP contribution < -0.4 is 4.74 Å². The Bertz CT molecular complexity index is 833. The van der Waals surface area contributed by atoms with Crippen LogP contribution in [-0.4, -0.2) is 41.6 Å². The molecule has 0 aromatic heterocycles. The Kier molecular flexibility index (Phi) is 5.39. The van der Waals surface area contributed by atoms with Crippen LogP contribution in [0.25, 0.3) is 0 Å². The third-order valence-corrected chi connectivity index (χ3v) is 4.95. The SMILES string of the molecule is O=C(COc1ccc(F)cc1F)N1CCC(C(=O)O)(c2ccccc2)CC1. The van der Waals surface area contributed by atoms with Gasteiger partial charge in [0.25, 0.3) is 5.91 Å². The number of carbonyl (C=O) groups is 2. The summed E-state index contributed by atoms with van der Waals surface area (Å²) in [6.45, 7) is 0.124. The first-order valence-corrected chi connectivity index (χ1v) is 8.57. The van der Waals surface area contributed by atoms with Crippen molar-refractivity contribution >= 4 is 11.9 Å². The maximum Gasteiger partial charge on any atom is 0.314 e. The Labute approximate surface area is 155 Å². The minimum atomic E-state index is -1.03. The number of nitrogens with zero attached hydrogens (tertiary/aromatic N) is 1. The van der Waals surface area contributed by atoms with E-state index in [1.807, 2.05) is 6.07 Å². The van der Waals surface area contributed by atoms with E-state index in [0.717, 1.165) is 12.1 Å². The second-order valence-corrected chi connectivity index (χ2v) is 6.50. The number of carboxylic acids is 1. The van der Waals surface area contributed by atoms with Gasteiger partial charge in [-0.25, -0.2) is 8.78 Å². The minimum absolute atomic E-state index is 0.203. The molecule has 142 valence electrons. The number of hydrogen-bond acceptors (Lipinski definition) is 3. The van der Waals surface area contributed by atoms with E-state index in [0.29, 0.717) is 11.6 Å². The topological polar surface area (TPSA) is 66.8 Å². The molecule has 0 spiro atoms. The lowest BCUT2D eigenvalue weighted by atomic mass is 9.73. The molecule has 1 fully saturated rings. The van der Waals surface area contributed by atoms with E-state index in [2.05, 4.69) is 0 Å². The average Bonchev–Trinajstić information content (AvgIpc) is 2.67. The highest BCUT2D eigenvalue weighted by atomic mass is 19.1. The first kappa shape index (κ1) is 18.8. The summed E-state index contributed by atoms with van der Waals surface area (Å²) in [6.07, 6.45) is 0.562. The maximum atomic E-state index is 13.6. The number of hydrogen-bond donors (Lipinski definition) is 1. The van der Waals surface area contributed by atoms with Crippen LogP contribution in [-0.2, 0) is 15.0 Å². The fraction of sp³-hybridized carbons (Fsp3) is 0.300. The van der Waals surface area contributed by atoms with Gasteiger partial charge in [-0.2, -0.15) is 0 Å². The number of piperidine rings is 1. The maximum absolute atomic E-state index is 13.6. The molecule has 1 heterocycles. The number of ether oxygens (including phenoxy) is 1. The fourth-order valence-corrected chi connectivity index (χ4v) is 3.34. The normalized spacial score (nSPS) is 16.0. The summed E-state index contributed by atoms with van der Waals surface area (Å²) < 4.78 is 31.6. The van der Waals surface area contributed by atoms with Gasteiger partial charge in [0, 0.05) is 19.2 Å². The van der Waals surface area contributed by atoms with Gasteiger partial charge in [0.1, 0.15) is 5.82 Å². The molecule has 1 N–H and O–H groups in total. The standard InChI is InChI=1S/C20H19F2NO4/c21-15-6-7-17(16(22)12-15)27-13-18(24)23-10-8-20(9-11-23,19(25)26)14-4-2-1-3-5-14/h1-7,12H,8-11,13H2,(H,25,26). The summed E-state index contributed by atoms with van der Waals surface area (Å²) in [5.41, 5.74) is -0.309. The average molecular weight is 375 g/mol. The molecule has 2 aromatic rings. The summed E-state index contributed by atoms with van der Waals surface area (Å²) >= 11 is 0. The summed E-state index contributed by atoms with van der Waals surface area (Å²) in [4.78, 5) is 25.8. The predicted molar refractivity (Wildman–Crippen MR) is 93.4 cm³/mol. The van der Waals surface area contributed by atoms with Crippen LogP contribution in [0.5, 0.6) is 5.75 Å². The van der Waals surface area contributed by atoms with Crippen LogP contribution >= 0.6 is 0 Å². The lowest BCUT2D eigenvalue weighted by Gasteiger charge is -2.39. The number of amides is 1. The Morgan fingerprint density at radius 1 is 1.07 bits per heavy atom. The molecule has 1 saturated heterocycles. The Morgan fingerprint density at radius 2 is 1.74 bits per heavy atom. The van der Waals surface area contributed by atoms with E-state index in [4.69, 9.17) is 4.74 Å². The summed E-state index contributed by atoms with van der Waals surface area (Å²) in [6, 6.07) is 11.8. The second-order valence-electron chi connectivity index (χ2n) is 6.50. The van der Waals surface area contributed by atoms with E-state index in [1.54, 1.807) is 24.3 Å². The molecular formula is C20H19F2NO4. The lowest BCUT2D eigenvalue weighted by molar-refractivity contribution is -0.148. The second kappa shape index (κ2) is 7.73. The third kappa shape index (κ3) is 3.92. The van der Waals surface area contributed by atoms with Crippen molar-refractivity contribution in [2.45, 2.75) is 18.3 Å². The van der Waals surface area contributed by atoms with Crippen LogP contribution in [0.2, 0.25) is 0 Å². The van der Waals surface area contributed by atoms with Crippen molar-refractivity contribution in [1.82, 2.24) is 4.90 Å². The van der Waals surface area contributed by atoms with Gasteiger partial charge in [-0.15, -0.1) is 0 Å². The third-order valence-electron chi connectivity index (χ3n) is 4.95. The molecule has 5 nitrogen and oxygen atoms in total. The first-order valence-electron chi connectivity index (χ1n) is 8.57. The molecule has 0 radical (unpaired) electrons. The zero-order valence-electron chi connectivity index (χ0n) is 14.5. The van der Waals surface area contributed by atoms with E-state index in [9.17, 15) is 23.5 Å². The van der Waals surface area contributed by atoms with Gasteiger partial charge in [0.05, 0.1) is 5.41 Å². The lowest BCUT2D eigenvalue weighted by Crippen LogP contribution is -2.50. The summed E-state index contributed by atoms with van der Waals surface area (Å²) in [7, 11) is 0. The van der Waals surface area contributed by atoms with Crippen molar-refractivity contribution < 1.29 is 28.2 Å². The molecule has 0 aliphatic carbocycles. The van der Waals surface area contributed by atoms with Gasteiger partial charge in [-0.05, 0) is 30.5 Å². The van der Waals surface area contributed by atoms with Gasteiger partial charge < -0.3 is 14.7 Å². The van der Waals surface area contributed by atoms with E-state index >= 15 is 0 Å². The number of likely N-dealkylation sites (tertiary alicyclic amines) is 1. The van der Waals surface area contributed by atoms with Crippen LogP contribution in [0.3, 0.4) is 0 Å². The number of halogens is 2. The Balaban J connectivity index is 1.62. The first-order chi connectivity index (χ1) is 12.9. The van der Waals surface area contributed by atoms with Crippen molar-refractivity contribution in [2.75, 3.05) is 19.7 Å². The molecule has 27 heavy (non-hydrogen) atoms. The molecule has 1 amide bonds. The quantitative estimate of drug-likeness (QED) is 0.873. The molecule has 7 heteroatoms. The zero-order chi connectivity index (χ0) is 19.4. The largest absolute Gasteiger partial charge is 0.481 e. The van der Waals surface area contributed by atoms with E-state index in [-0.39, 0.29) is 37.6 Å². The van der Waals surface area contributed by atoms with Crippen molar-refractivity contribution in [3.63, 3.8) is 0 Å². The van der Waals surface area contributed by atoms with Gasteiger partial charge in [-0.3, -0.25) is 9.59 Å². The Hall–Kier alpha value is -2.96. The van der Waals surface area contributed by atoms with Crippen LogP contribution in [0.15, 0.2) is 48.5 Å². The molecule has 0 unspecified atom stereocenters. The summed E-state index contributed by atoms with van der Waals surface area (Å²) in [5, 5.41) is 9.77. The number of carbonyl (C=O) groups excluding carboxylic acids is 1. The number of aliphatic carboxylic acids is 1. The van der Waals surface area contributed by atoms with Crippen molar-refractivity contribution in [1.29, 1.82) is 0 Å². The van der Waals surface area contributed by atoms with Gasteiger partial charge >= 0.3 is 5.97 Å². The summed E-state index contributed by atoms with van der Waals surface area (Å²) in [5.74, 6) is -3.09. The fourth-order valence-electron chi connectivity index (χ4n) is 3.34. The van der Waals surface area contributed by atoms with E-state index in [1.165, 1.54) is 4.90 Å². The van der Waals surface area contributed by atoms with Gasteiger partial charge in [0.2, 0.25) is 0 Å². The van der Waals surface area contributed by atoms with Crippen molar-refractivity contribution in [2.24, 2.45) is 0 Å². The predicted octanol–water partition coefficient (Wildman–Crippen LogP) is 2.99. The van der Waals surface area contributed by atoms with Crippen LogP contribution in [0.1, 0.15) is 18.4 Å².